The summed E-state index contributed by atoms with van der Waals surface area (Å²) in [6, 6.07) is 12.9. The Balaban J connectivity index is 1.30. The van der Waals surface area contributed by atoms with E-state index in [0.29, 0.717) is 24.3 Å². The summed E-state index contributed by atoms with van der Waals surface area (Å²) >= 11 is 0. The van der Waals surface area contributed by atoms with Crippen LogP contribution in [0.5, 0.6) is 11.5 Å². The zero-order chi connectivity index (χ0) is 19.3. The van der Waals surface area contributed by atoms with E-state index in [9.17, 15) is 9.59 Å². The third-order valence-corrected chi connectivity index (χ3v) is 5.06. The van der Waals surface area contributed by atoms with Crippen LogP contribution in [0, 0.1) is 0 Å². The van der Waals surface area contributed by atoms with E-state index in [0.717, 1.165) is 29.8 Å². The van der Waals surface area contributed by atoms with Gasteiger partial charge in [0.1, 0.15) is 11.5 Å². The highest BCUT2D eigenvalue weighted by atomic mass is 16.5. The van der Waals surface area contributed by atoms with E-state index < -0.39 is 0 Å². The maximum absolute atomic E-state index is 12.2. The van der Waals surface area contributed by atoms with Crippen molar-refractivity contribution in [2.75, 3.05) is 17.2 Å². The van der Waals surface area contributed by atoms with Crippen LogP contribution in [0.1, 0.15) is 37.7 Å². The lowest BCUT2D eigenvalue weighted by Gasteiger charge is -2.17. The molecular formula is C22H24N2O4. The molecule has 1 heterocycles. The van der Waals surface area contributed by atoms with Gasteiger partial charge in [-0.1, -0.05) is 6.07 Å². The second-order valence-electron chi connectivity index (χ2n) is 7.26. The van der Waals surface area contributed by atoms with Gasteiger partial charge >= 0.3 is 0 Å². The fourth-order valence-corrected chi connectivity index (χ4v) is 3.64. The molecule has 0 spiro atoms. The Hall–Kier alpha value is -3.02. The molecule has 0 radical (unpaired) electrons. The Kier molecular flexibility index (Phi) is 5.46. The van der Waals surface area contributed by atoms with Crippen molar-refractivity contribution in [2.24, 2.45) is 0 Å². The molecule has 1 fully saturated rings. The van der Waals surface area contributed by atoms with Crippen LogP contribution in [0.3, 0.4) is 0 Å². The van der Waals surface area contributed by atoms with E-state index in [-0.39, 0.29) is 24.5 Å². The minimum atomic E-state index is -0.232. The molecule has 1 saturated carbocycles. The number of hydrogen-bond donors (Lipinski definition) is 2. The fraction of sp³-hybridized carbons (Fsp3) is 0.364. The van der Waals surface area contributed by atoms with Crippen molar-refractivity contribution in [1.82, 2.24) is 0 Å². The molecule has 0 aromatic heterocycles. The maximum atomic E-state index is 12.2. The summed E-state index contributed by atoms with van der Waals surface area (Å²) in [5, 5.41) is 5.67. The third kappa shape index (κ3) is 4.63. The predicted octanol–water partition coefficient (Wildman–Crippen LogP) is 3.91. The Morgan fingerprint density at radius 3 is 2.79 bits per heavy atom. The van der Waals surface area contributed by atoms with Crippen LogP contribution in [-0.4, -0.2) is 24.5 Å². The van der Waals surface area contributed by atoms with E-state index in [1.165, 1.54) is 12.8 Å². The van der Waals surface area contributed by atoms with Crippen molar-refractivity contribution >= 4 is 23.2 Å². The fourth-order valence-electron chi connectivity index (χ4n) is 3.64. The van der Waals surface area contributed by atoms with E-state index >= 15 is 0 Å². The molecule has 0 saturated heterocycles. The van der Waals surface area contributed by atoms with Crippen LogP contribution in [0.4, 0.5) is 11.4 Å². The highest BCUT2D eigenvalue weighted by Crippen LogP contribution is 2.27. The molecule has 0 unspecified atom stereocenters. The number of fused-ring (bicyclic) bond motifs is 1. The third-order valence-electron chi connectivity index (χ3n) is 5.06. The van der Waals surface area contributed by atoms with Gasteiger partial charge in [0.15, 0.2) is 6.61 Å². The molecule has 1 aliphatic carbocycles. The molecule has 6 heteroatoms. The van der Waals surface area contributed by atoms with Crippen molar-refractivity contribution in [3.8, 4) is 11.5 Å². The minimum Gasteiger partial charge on any atom is -0.490 e. The average Bonchev–Trinajstić information content (AvgIpc) is 3.19. The second-order valence-corrected chi connectivity index (χ2v) is 7.26. The topological polar surface area (TPSA) is 76.7 Å². The van der Waals surface area contributed by atoms with Crippen LogP contribution in [0.25, 0.3) is 0 Å². The number of hydrogen-bond acceptors (Lipinski definition) is 4. The molecule has 2 N–H and O–H groups in total. The van der Waals surface area contributed by atoms with Crippen molar-refractivity contribution in [3.05, 3.63) is 48.0 Å². The maximum Gasteiger partial charge on any atom is 0.262 e. The summed E-state index contributed by atoms with van der Waals surface area (Å²) in [7, 11) is 0. The molecule has 146 valence electrons. The van der Waals surface area contributed by atoms with Crippen molar-refractivity contribution < 1.29 is 19.1 Å². The lowest BCUT2D eigenvalue weighted by Crippen LogP contribution is -2.21. The van der Waals surface area contributed by atoms with Gasteiger partial charge in [-0.2, -0.15) is 0 Å². The number of nitrogens with one attached hydrogen (secondary N) is 2. The number of benzene rings is 2. The molecule has 2 aliphatic rings. The number of ether oxygens (including phenoxy) is 2. The van der Waals surface area contributed by atoms with E-state index in [1.54, 1.807) is 6.07 Å². The smallest absolute Gasteiger partial charge is 0.262 e. The molecule has 2 aromatic rings. The van der Waals surface area contributed by atoms with Crippen molar-refractivity contribution in [1.29, 1.82) is 0 Å². The number of amides is 2. The van der Waals surface area contributed by atoms with Gasteiger partial charge in [0.2, 0.25) is 5.91 Å². The highest BCUT2D eigenvalue weighted by molar-refractivity contribution is 5.94. The minimum absolute atomic E-state index is 0.0275. The summed E-state index contributed by atoms with van der Waals surface area (Å²) < 4.78 is 11.6. The normalized spacial score (nSPS) is 16.2. The molecule has 0 bridgehead atoms. The Morgan fingerprint density at radius 1 is 1.07 bits per heavy atom. The summed E-state index contributed by atoms with van der Waals surface area (Å²) in [6.45, 7) is -0.0845. The van der Waals surface area contributed by atoms with Gasteiger partial charge in [0.25, 0.3) is 5.91 Å². The monoisotopic (exact) mass is 380 g/mol. The molecule has 4 rings (SSSR count). The summed E-state index contributed by atoms with van der Waals surface area (Å²) in [5.41, 5.74) is 2.53. The van der Waals surface area contributed by atoms with Gasteiger partial charge in [-0.3, -0.25) is 9.59 Å². The molecule has 6 nitrogen and oxygen atoms in total. The molecule has 0 atom stereocenters. The second kappa shape index (κ2) is 8.33. The number of carbonyl (C=O) groups excluding carboxylic acids is 2. The number of anilines is 2. The summed E-state index contributed by atoms with van der Waals surface area (Å²) in [5.74, 6) is 1.19. The van der Waals surface area contributed by atoms with Crippen LogP contribution >= 0.6 is 0 Å². The van der Waals surface area contributed by atoms with Crippen molar-refractivity contribution in [3.63, 3.8) is 0 Å². The zero-order valence-electron chi connectivity index (χ0n) is 15.7. The highest BCUT2D eigenvalue weighted by Gasteiger charge is 2.17. The Bertz CT molecular complexity index is 875. The van der Waals surface area contributed by atoms with Crippen LogP contribution in [0.2, 0.25) is 0 Å². The molecule has 2 amide bonds. The van der Waals surface area contributed by atoms with Gasteiger partial charge in [-0.05, 0) is 68.0 Å². The number of rotatable bonds is 6. The summed E-state index contributed by atoms with van der Waals surface area (Å²) in [4.78, 5) is 23.7. The lowest BCUT2D eigenvalue weighted by molar-refractivity contribution is -0.118. The van der Waals surface area contributed by atoms with E-state index in [2.05, 4.69) is 10.6 Å². The lowest BCUT2D eigenvalue weighted by atomic mass is 10.0. The summed E-state index contributed by atoms with van der Waals surface area (Å²) in [6.07, 6.45) is 6.04. The van der Waals surface area contributed by atoms with Crippen LogP contribution in [0.15, 0.2) is 42.5 Å². The predicted molar refractivity (Wildman–Crippen MR) is 107 cm³/mol. The van der Waals surface area contributed by atoms with Gasteiger partial charge < -0.3 is 20.1 Å². The molecule has 28 heavy (non-hydrogen) atoms. The first-order chi connectivity index (χ1) is 13.7. The quantitative estimate of drug-likeness (QED) is 0.797. The SMILES string of the molecule is O=C(COc1ccc2c(c1)CCC(=O)N2)Nc1cccc(OC2CCCC2)c1. The average molecular weight is 380 g/mol. The largest absolute Gasteiger partial charge is 0.490 e. The van der Waals surface area contributed by atoms with E-state index in [1.807, 2.05) is 36.4 Å². The first kappa shape index (κ1) is 18.3. The van der Waals surface area contributed by atoms with Crippen LogP contribution in [-0.2, 0) is 16.0 Å². The zero-order valence-corrected chi connectivity index (χ0v) is 15.7. The van der Waals surface area contributed by atoms with Crippen LogP contribution < -0.4 is 20.1 Å². The molecule has 2 aromatic carbocycles. The van der Waals surface area contributed by atoms with E-state index in [4.69, 9.17) is 9.47 Å². The van der Waals surface area contributed by atoms with Gasteiger partial charge in [0, 0.05) is 23.9 Å². The molecular weight excluding hydrogens is 356 g/mol. The van der Waals surface area contributed by atoms with Gasteiger partial charge in [0.05, 0.1) is 6.10 Å². The van der Waals surface area contributed by atoms with Gasteiger partial charge in [-0.15, -0.1) is 0 Å². The first-order valence-electron chi connectivity index (χ1n) is 9.78. The van der Waals surface area contributed by atoms with Crippen molar-refractivity contribution in [2.45, 2.75) is 44.6 Å². The first-order valence-corrected chi connectivity index (χ1v) is 9.78. The standard InChI is InChI=1S/C22H24N2O4/c25-21-11-8-15-12-18(9-10-20(15)24-21)27-14-22(26)23-16-4-3-7-19(13-16)28-17-5-1-2-6-17/h3-4,7,9-10,12-13,17H,1-2,5-6,8,11,14H2,(H,23,26)(H,24,25). The Labute approximate surface area is 164 Å². The number of aryl methyl sites for hydroxylation is 1. The number of carbonyl (C=O) groups is 2. The van der Waals surface area contributed by atoms with Gasteiger partial charge in [-0.25, -0.2) is 0 Å². The molecule has 1 aliphatic heterocycles. The Morgan fingerprint density at radius 2 is 1.93 bits per heavy atom.